The molecular formula is C26H44OS. The summed E-state index contributed by atoms with van der Waals surface area (Å²) in [5.41, 5.74) is 2.54. The minimum absolute atomic E-state index is 0.0714. The van der Waals surface area contributed by atoms with E-state index in [9.17, 15) is 5.11 Å². The van der Waals surface area contributed by atoms with Crippen molar-refractivity contribution in [2.24, 2.45) is 0 Å². The predicted molar refractivity (Wildman–Crippen MR) is 126 cm³/mol. The molecule has 0 aliphatic carbocycles. The zero-order valence-corrected chi connectivity index (χ0v) is 20.0. The smallest absolute Gasteiger partial charge is 0.132 e. The summed E-state index contributed by atoms with van der Waals surface area (Å²) in [7, 11) is 0. The molecule has 2 bridgehead atoms. The number of thioether (sulfide) groups is 1. The number of phenols is 1. The highest BCUT2D eigenvalue weighted by Crippen LogP contribution is 2.48. The van der Waals surface area contributed by atoms with Gasteiger partial charge in [-0.3, -0.25) is 0 Å². The molecule has 0 radical (unpaired) electrons. The Morgan fingerprint density at radius 3 is 1.89 bits per heavy atom. The summed E-state index contributed by atoms with van der Waals surface area (Å²) < 4.78 is 0.207. The molecule has 0 spiro atoms. The van der Waals surface area contributed by atoms with Crippen LogP contribution < -0.4 is 0 Å². The molecule has 2 rings (SSSR count). The van der Waals surface area contributed by atoms with Crippen molar-refractivity contribution in [3.05, 3.63) is 23.3 Å². The molecule has 2 unspecified atom stereocenters. The van der Waals surface area contributed by atoms with Gasteiger partial charge in [0, 0.05) is 10.3 Å². The Labute approximate surface area is 179 Å². The fourth-order valence-electron chi connectivity index (χ4n) is 4.60. The molecule has 0 fully saturated rings. The first-order valence-electron chi connectivity index (χ1n) is 11.9. The molecular weight excluding hydrogens is 360 g/mol. The minimum atomic E-state index is 0.0714. The van der Waals surface area contributed by atoms with Crippen molar-refractivity contribution in [2.75, 3.05) is 0 Å². The van der Waals surface area contributed by atoms with E-state index in [0.717, 1.165) is 17.7 Å². The molecule has 1 heterocycles. The molecule has 1 aromatic rings. The van der Waals surface area contributed by atoms with Gasteiger partial charge in [0.2, 0.25) is 0 Å². The van der Waals surface area contributed by atoms with E-state index in [0.29, 0.717) is 5.75 Å². The molecule has 2 heteroatoms. The van der Waals surface area contributed by atoms with Crippen LogP contribution in [0.4, 0.5) is 0 Å². The Morgan fingerprint density at radius 2 is 1.36 bits per heavy atom. The van der Waals surface area contributed by atoms with E-state index in [4.69, 9.17) is 0 Å². The third-order valence-electron chi connectivity index (χ3n) is 7.19. The van der Waals surface area contributed by atoms with E-state index in [1.54, 1.807) is 0 Å². The Kier molecular flexibility index (Phi) is 9.25. The molecule has 0 saturated carbocycles. The summed E-state index contributed by atoms with van der Waals surface area (Å²) >= 11 is 1.92. The van der Waals surface area contributed by atoms with Gasteiger partial charge in [-0.1, -0.05) is 91.5 Å². The summed E-state index contributed by atoms with van der Waals surface area (Å²) in [6, 6.07) is 4.46. The SMILES string of the molecule is CCC1(C)CCCCCCCCCCCC(C)(CC)c2cc(C)cc(c2O)S1. The molecule has 28 heavy (non-hydrogen) atoms. The van der Waals surface area contributed by atoms with Crippen LogP contribution in [0.15, 0.2) is 17.0 Å². The van der Waals surface area contributed by atoms with Crippen molar-refractivity contribution in [3.8, 4) is 5.75 Å². The van der Waals surface area contributed by atoms with Crippen LogP contribution in [0, 0.1) is 6.92 Å². The minimum Gasteiger partial charge on any atom is -0.506 e. The molecule has 1 N–H and O–H groups in total. The zero-order chi connectivity index (χ0) is 20.6. The predicted octanol–water partition coefficient (Wildman–Crippen LogP) is 8.93. The number of benzene rings is 1. The van der Waals surface area contributed by atoms with E-state index >= 15 is 0 Å². The van der Waals surface area contributed by atoms with E-state index in [2.05, 4.69) is 46.8 Å². The molecule has 0 aromatic heterocycles. The average molecular weight is 405 g/mol. The van der Waals surface area contributed by atoms with Crippen LogP contribution in [0.2, 0.25) is 0 Å². The first-order valence-corrected chi connectivity index (χ1v) is 12.7. The maximum atomic E-state index is 11.3. The maximum absolute atomic E-state index is 11.3. The average Bonchev–Trinajstić information content (AvgIpc) is 2.67. The van der Waals surface area contributed by atoms with E-state index in [1.165, 1.54) is 81.8 Å². The highest BCUT2D eigenvalue weighted by molar-refractivity contribution is 8.00. The van der Waals surface area contributed by atoms with Crippen LogP contribution in [0.5, 0.6) is 5.75 Å². The van der Waals surface area contributed by atoms with Crippen LogP contribution in [-0.2, 0) is 5.41 Å². The number of phenolic OH excluding ortho intramolecular Hbond substituents is 1. The fourth-order valence-corrected chi connectivity index (χ4v) is 5.98. The first kappa shape index (κ1) is 23.6. The van der Waals surface area contributed by atoms with Gasteiger partial charge < -0.3 is 5.11 Å². The van der Waals surface area contributed by atoms with Crippen LogP contribution in [0.1, 0.15) is 122 Å². The highest BCUT2D eigenvalue weighted by atomic mass is 32.2. The molecule has 1 aromatic carbocycles. The van der Waals surface area contributed by atoms with Crippen LogP contribution in [0.3, 0.4) is 0 Å². The molecule has 1 aliphatic rings. The van der Waals surface area contributed by atoms with Gasteiger partial charge in [0.1, 0.15) is 5.75 Å². The summed E-state index contributed by atoms with van der Waals surface area (Å²) in [5, 5.41) is 11.3. The lowest BCUT2D eigenvalue weighted by molar-refractivity contribution is 0.365. The number of aromatic hydroxyl groups is 1. The van der Waals surface area contributed by atoms with Crippen molar-refractivity contribution in [1.29, 1.82) is 0 Å². The van der Waals surface area contributed by atoms with Gasteiger partial charge in [-0.05, 0) is 49.7 Å². The molecule has 1 nitrogen and oxygen atoms in total. The second-order valence-corrected chi connectivity index (χ2v) is 11.3. The van der Waals surface area contributed by atoms with Crippen LogP contribution in [-0.4, -0.2) is 9.85 Å². The summed E-state index contributed by atoms with van der Waals surface area (Å²) in [6.07, 6.45) is 16.9. The Balaban J connectivity index is 2.36. The third-order valence-corrected chi connectivity index (χ3v) is 8.70. The largest absolute Gasteiger partial charge is 0.506 e. The fraction of sp³-hybridized carbons (Fsp3) is 0.769. The summed E-state index contributed by atoms with van der Waals surface area (Å²) in [6.45, 7) is 11.5. The van der Waals surface area contributed by atoms with Gasteiger partial charge in [-0.15, -0.1) is 11.8 Å². The monoisotopic (exact) mass is 404 g/mol. The van der Waals surface area contributed by atoms with Gasteiger partial charge in [0.25, 0.3) is 0 Å². The number of rotatable bonds is 2. The van der Waals surface area contributed by atoms with Gasteiger partial charge in [-0.25, -0.2) is 0 Å². The van der Waals surface area contributed by atoms with Crippen LogP contribution in [0.25, 0.3) is 0 Å². The lowest BCUT2D eigenvalue weighted by Gasteiger charge is -2.33. The van der Waals surface area contributed by atoms with Crippen molar-refractivity contribution < 1.29 is 5.11 Å². The lowest BCUT2D eigenvalue weighted by atomic mass is 9.75. The topological polar surface area (TPSA) is 20.2 Å². The summed E-state index contributed by atoms with van der Waals surface area (Å²) in [5.74, 6) is 0.559. The van der Waals surface area contributed by atoms with Crippen molar-refractivity contribution in [3.63, 3.8) is 0 Å². The standard InChI is InChI=1S/C26H44OS/c1-6-25(4)17-15-13-11-9-8-10-12-14-16-18-26(5,7-2)28-23-20-21(3)19-22(25)24(23)27/h19-20,27H,6-18H2,1-5H3. The van der Waals surface area contributed by atoms with Crippen molar-refractivity contribution >= 4 is 11.8 Å². The molecule has 2 atom stereocenters. The van der Waals surface area contributed by atoms with E-state index in [-0.39, 0.29) is 10.2 Å². The van der Waals surface area contributed by atoms with E-state index < -0.39 is 0 Å². The second kappa shape index (κ2) is 11.0. The van der Waals surface area contributed by atoms with Gasteiger partial charge in [-0.2, -0.15) is 0 Å². The molecule has 1 aliphatic heterocycles. The zero-order valence-electron chi connectivity index (χ0n) is 19.2. The molecule has 0 saturated heterocycles. The summed E-state index contributed by atoms with van der Waals surface area (Å²) in [4.78, 5) is 1.10. The highest BCUT2D eigenvalue weighted by Gasteiger charge is 2.31. The normalized spacial score (nSPS) is 28.6. The maximum Gasteiger partial charge on any atom is 0.132 e. The third kappa shape index (κ3) is 6.44. The number of fused-ring (bicyclic) bond motifs is 2. The number of hydrogen-bond acceptors (Lipinski definition) is 2. The van der Waals surface area contributed by atoms with Crippen molar-refractivity contribution in [2.45, 2.75) is 133 Å². The van der Waals surface area contributed by atoms with Gasteiger partial charge in [0.05, 0.1) is 4.90 Å². The number of aryl methyl sites for hydroxylation is 1. The van der Waals surface area contributed by atoms with Gasteiger partial charge >= 0.3 is 0 Å². The van der Waals surface area contributed by atoms with Crippen LogP contribution >= 0.6 is 11.8 Å². The molecule has 0 amide bonds. The molecule has 160 valence electrons. The Hall–Kier alpha value is -0.630. The quantitative estimate of drug-likeness (QED) is 0.531. The van der Waals surface area contributed by atoms with E-state index in [1.807, 2.05) is 11.8 Å². The Bertz CT molecular complexity index is 611. The number of hydrogen-bond donors (Lipinski definition) is 1. The Morgan fingerprint density at radius 1 is 0.821 bits per heavy atom. The second-order valence-electron chi connectivity index (χ2n) is 9.66. The first-order chi connectivity index (χ1) is 13.3. The van der Waals surface area contributed by atoms with Gasteiger partial charge in [0.15, 0.2) is 0 Å². The van der Waals surface area contributed by atoms with Crippen molar-refractivity contribution in [1.82, 2.24) is 0 Å². The lowest BCUT2D eigenvalue weighted by Crippen LogP contribution is -2.22.